The molecular formula is C20H26N2O2. The summed E-state index contributed by atoms with van der Waals surface area (Å²) in [5, 5.41) is 9.12. The van der Waals surface area contributed by atoms with E-state index in [0.29, 0.717) is 5.56 Å². The van der Waals surface area contributed by atoms with E-state index in [-0.39, 0.29) is 0 Å². The van der Waals surface area contributed by atoms with Crippen molar-refractivity contribution in [2.75, 3.05) is 0 Å². The lowest BCUT2D eigenvalue weighted by atomic mass is 10.0. The number of rotatable bonds is 9. The van der Waals surface area contributed by atoms with Gasteiger partial charge in [0, 0.05) is 23.3 Å². The summed E-state index contributed by atoms with van der Waals surface area (Å²) in [6, 6.07) is 7.49. The maximum Gasteiger partial charge on any atom is 0.335 e. The second-order valence-corrected chi connectivity index (χ2v) is 6.21. The third kappa shape index (κ3) is 5.44. The molecule has 0 saturated heterocycles. The minimum Gasteiger partial charge on any atom is -0.478 e. The van der Waals surface area contributed by atoms with Gasteiger partial charge >= 0.3 is 5.97 Å². The maximum absolute atomic E-state index is 11.1. The van der Waals surface area contributed by atoms with Crippen LogP contribution in [0.15, 0.2) is 30.5 Å². The highest BCUT2D eigenvalue weighted by molar-refractivity contribution is 5.87. The van der Waals surface area contributed by atoms with Gasteiger partial charge in [0.15, 0.2) is 0 Å². The molecule has 0 aliphatic rings. The van der Waals surface area contributed by atoms with Gasteiger partial charge in [-0.05, 0) is 69.2 Å². The summed E-state index contributed by atoms with van der Waals surface area (Å²) in [6.45, 7) is 4.04. The van der Waals surface area contributed by atoms with Gasteiger partial charge in [0.25, 0.3) is 0 Å². The monoisotopic (exact) mass is 326 g/mol. The molecule has 0 aliphatic heterocycles. The number of nitrogens with zero attached hydrogens (tertiary/aromatic N) is 2. The second kappa shape index (κ2) is 9.16. The van der Waals surface area contributed by atoms with Crippen LogP contribution in [0, 0.1) is 6.92 Å². The lowest BCUT2D eigenvalue weighted by Crippen LogP contribution is -2.02. The highest BCUT2D eigenvalue weighted by Crippen LogP contribution is 2.14. The summed E-state index contributed by atoms with van der Waals surface area (Å²) in [7, 11) is 0. The number of hydrogen-bond acceptors (Lipinski definition) is 3. The number of unbranched alkanes of at least 4 members (excludes halogenated alkanes) is 2. The molecule has 0 aromatic carbocycles. The molecule has 0 radical (unpaired) electrons. The van der Waals surface area contributed by atoms with E-state index in [0.717, 1.165) is 43.5 Å². The molecule has 4 heteroatoms. The van der Waals surface area contributed by atoms with Crippen LogP contribution < -0.4 is 0 Å². The molecule has 4 nitrogen and oxygen atoms in total. The first kappa shape index (κ1) is 18.1. The van der Waals surface area contributed by atoms with Crippen molar-refractivity contribution in [1.29, 1.82) is 0 Å². The Kier molecular flexibility index (Phi) is 6.91. The fourth-order valence-corrected chi connectivity index (χ4v) is 2.88. The van der Waals surface area contributed by atoms with E-state index in [1.807, 2.05) is 19.2 Å². The van der Waals surface area contributed by atoms with Crippen LogP contribution in [-0.4, -0.2) is 21.0 Å². The summed E-state index contributed by atoms with van der Waals surface area (Å²) in [5.41, 5.74) is 4.51. The Balaban J connectivity index is 1.88. The van der Waals surface area contributed by atoms with Gasteiger partial charge in [-0.15, -0.1) is 0 Å². The van der Waals surface area contributed by atoms with Gasteiger partial charge in [0.2, 0.25) is 0 Å². The molecule has 0 spiro atoms. The van der Waals surface area contributed by atoms with Crippen LogP contribution in [0.25, 0.3) is 0 Å². The highest BCUT2D eigenvalue weighted by atomic mass is 16.4. The van der Waals surface area contributed by atoms with Gasteiger partial charge in [-0.1, -0.05) is 19.4 Å². The van der Waals surface area contributed by atoms with E-state index < -0.39 is 5.97 Å². The number of carboxylic acid groups (broad SMARTS) is 1. The number of aromatic carboxylic acids is 1. The number of carboxylic acids is 1. The van der Waals surface area contributed by atoms with Gasteiger partial charge in [0.1, 0.15) is 0 Å². The normalized spacial score (nSPS) is 10.8. The van der Waals surface area contributed by atoms with Gasteiger partial charge < -0.3 is 5.11 Å². The van der Waals surface area contributed by atoms with Crippen molar-refractivity contribution >= 4 is 5.97 Å². The molecule has 2 heterocycles. The largest absolute Gasteiger partial charge is 0.478 e. The zero-order chi connectivity index (χ0) is 17.4. The number of pyridine rings is 2. The number of aromatic nitrogens is 2. The van der Waals surface area contributed by atoms with Crippen LogP contribution >= 0.6 is 0 Å². The summed E-state index contributed by atoms with van der Waals surface area (Å²) >= 11 is 0. The Morgan fingerprint density at radius 1 is 1.12 bits per heavy atom. The first-order valence-electron chi connectivity index (χ1n) is 8.73. The van der Waals surface area contributed by atoms with Crippen molar-refractivity contribution in [3.05, 3.63) is 58.7 Å². The van der Waals surface area contributed by atoms with Crippen LogP contribution in [0.2, 0.25) is 0 Å². The smallest absolute Gasteiger partial charge is 0.335 e. The van der Waals surface area contributed by atoms with E-state index in [1.165, 1.54) is 24.1 Å². The summed E-state index contributed by atoms with van der Waals surface area (Å²) in [6.07, 6.45) is 9.15. The third-order valence-electron chi connectivity index (χ3n) is 4.13. The molecule has 2 aromatic rings. The Morgan fingerprint density at radius 3 is 2.67 bits per heavy atom. The Labute approximate surface area is 144 Å². The van der Waals surface area contributed by atoms with Crippen LogP contribution in [0.4, 0.5) is 0 Å². The lowest BCUT2D eigenvalue weighted by molar-refractivity contribution is 0.0696. The van der Waals surface area contributed by atoms with Crippen LogP contribution in [0.3, 0.4) is 0 Å². The van der Waals surface area contributed by atoms with Crippen molar-refractivity contribution < 1.29 is 9.90 Å². The molecule has 1 N–H and O–H groups in total. The molecule has 0 amide bonds. The van der Waals surface area contributed by atoms with E-state index in [1.54, 1.807) is 12.1 Å². The number of carbonyl (C=O) groups is 1. The predicted molar refractivity (Wildman–Crippen MR) is 95.4 cm³/mol. The van der Waals surface area contributed by atoms with Crippen molar-refractivity contribution in [3.8, 4) is 0 Å². The molecule has 0 atom stereocenters. The van der Waals surface area contributed by atoms with Gasteiger partial charge in [-0.25, -0.2) is 4.79 Å². The van der Waals surface area contributed by atoms with Gasteiger partial charge in [0.05, 0.1) is 5.56 Å². The van der Waals surface area contributed by atoms with Crippen LogP contribution in [0.1, 0.15) is 65.6 Å². The second-order valence-electron chi connectivity index (χ2n) is 6.21. The zero-order valence-corrected chi connectivity index (χ0v) is 14.6. The average molecular weight is 326 g/mol. The number of aryl methyl sites for hydroxylation is 4. The SMILES string of the molecule is CCCCc1cccnc1CCCCc1cc(C(=O)O)cc(C)n1. The first-order chi connectivity index (χ1) is 11.6. The van der Waals surface area contributed by atoms with E-state index in [2.05, 4.69) is 23.0 Å². The molecule has 2 aromatic heterocycles. The molecule has 0 unspecified atom stereocenters. The Morgan fingerprint density at radius 2 is 1.92 bits per heavy atom. The molecule has 24 heavy (non-hydrogen) atoms. The van der Waals surface area contributed by atoms with Crippen molar-refractivity contribution in [2.45, 2.75) is 58.8 Å². The fraction of sp³-hybridized carbons (Fsp3) is 0.450. The average Bonchev–Trinajstić information content (AvgIpc) is 2.57. The first-order valence-corrected chi connectivity index (χ1v) is 8.73. The molecular weight excluding hydrogens is 300 g/mol. The third-order valence-corrected chi connectivity index (χ3v) is 4.13. The Bertz CT molecular complexity index is 683. The quantitative estimate of drug-likeness (QED) is 0.694. The lowest BCUT2D eigenvalue weighted by Gasteiger charge is -2.08. The van der Waals surface area contributed by atoms with E-state index >= 15 is 0 Å². The number of hydrogen-bond donors (Lipinski definition) is 1. The zero-order valence-electron chi connectivity index (χ0n) is 14.6. The van der Waals surface area contributed by atoms with Crippen molar-refractivity contribution in [1.82, 2.24) is 9.97 Å². The standard InChI is InChI=1S/C20H26N2O2/c1-3-4-8-16-9-7-12-21-19(16)11-6-5-10-18-14-17(20(23)24)13-15(2)22-18/h7,9,12-14H,3-6,8,10-11H2,1-2H3,(H,23,24). The van der Waals surface area contributed by atoms with Crippen molar-refractivity contribution in [3.63, 3.8) is 0 Å². The molecule has 0 bridgehead atoms. The summed E-state index contributed by atoms with van der Waals surface area (Å²) in [4.78, 5) is 20.1. The molecule has 0 aliphatic carbocycles. The fourth-order valence-electron chi connectivity index (χ4n) is 2.88. The van der Waals surface area contributed by atoms with E-state index in [4.69, 9.17) is 5.11 Å². The summed E-state index contributed by atoms with van der Waals surface area (Å²) < 4.78 is 0. The van der Waals surface area contributed by atoms with Crippen LogP contribution in [-0.2, 0) is 19.3 Å². The molecule has 2 rings (SSSR count). The highest BCUT2D eigenvalue weighted by Gasteiger charge is 2.07. The van der Waals surface area contributed by atoms with E-state index in [9.17, 15) is 4.79 Å². The topological polar surface area (TPSA) is 63.1 Å². The summed E-state index contributed by atoms with van der Waals surface area (Å²) in [5.74, 6) is -0.893. The molecule has 0 fully saturated rings. The maximum atomic E-state index is 11.1. The molecule has 0 saturated carbocycles. The Hall–Kier alpha value is -2.23. The minimum atomic E-state index is -0.893. The predicted octanol–water partition coefficient (Wildman–Crippen LogP) is 4.39. The minimum absolute atomic E-state index is 0.323. The molecule has 128 valence electrons. The van der Waals surface area contributed by atoms with Gasteiger partial charge in [-0.2, -0.15) is 0 Å². The van der Waals surface area contributed by atoms with Crippen LogP contribution in [0.5, 0.6) is 0 Å². The van der Waals surface area contributed by atoms with Crippen molar-refractivity contribution in [2.24, 2.45) is 0 Å². The van der Waals surface area contributed by atoms with Gasteiger partial charge in [-0.3, -0.25) is 9.97 Å².